The zero-order valence-electron chi connectivity index (χ0n) is 15.6. The van der Waals surface area contributed by atoms with Crippen molar-refractivity contribution in [1.82, 2.24) is 20.0 Å². The molecular formula is C21H24N4O2. The number of hydrogen-bond donors (Lipinski definition) is 1. The minimum Gasteiger partial charge on any atom is -0.360 e. The van der Waals surface area contributed by atoms with Crippen LogP contribution < -0.4 is 0 Å². The van der Waals surface area contributed by atoms with E-state index in [0.29, 0.717) is 12.2 Å². The number of rotatable bonds is 2. The van der Waals surface area contributed by atoms with E-state index in [2.05, 4.69) is 29.2 Å². The largest absolute Gasteiger partial charge is 0.360 e. The van der Waals surface area contributed by atoms with E-state index in [0.717, 1.165) is 73.3 Å². The molecule has 2 aliphatic rings. The van der Waals surface area contributed by atoms with Crippen LogP contribution in [0.5, 0.6) is 0 Å². The van der Waals surface area contributed by atoms with E-state index in [1.165, 1.54) is 5.56 Å². The van der Waals surface area contributed by atoms with E-state index in [1.807, 2.05) is 11.0 Å². The quantitative estimate of drug-likeness (QED) is 0.751. The predicted molar refractivity (Wildman–Crippen MR) is 102 cm³/mol. The van der Waals surface area contributed by atoms with Gasteiger partial charge in [-0.25, -0.2) is 4.98 Å². The van der Waals surface area contributed by atoms with Gasteiger partial charge in [-0.2, -0.15) is 0 Å². The van der Waals surface area contributed by atoms with Crippen LogP contribution in [-0.4, -0.2) is 39.0 Å². The van der Waals surface area contributed by atoms with E-state index in [9.17, 15) is 4.79 Å². The smallest absolute Gasteiger partial charge is 0.276 e. The van der Waals surface area contributed by atoms with Crippen LogP contribution >= 0.6 is 0 Å². The molecule has 27 heavy (non-hydrogen) atoms. The second kappa shape index (κ2) is 6.51. The molecule has 1 aliphatic heterocycles. The molecule has 5 rings (SSSR count). The number of amides is 1. The molecule has 1 aromatic carbocycles. The molecule has 0 radical (unpaired) electrons. The van der Waals surface area contributed by atoms with Gasteiger partial charge in [-0.3, -0.25) is 4.79 Å². The summed E-state index contributed by atoms with van der Waals surface area (Å²) in [5.41, 5.74) is 4.84. The SMILES string of the molecule is Cc1cccc2[nH]c([C@@H]3CCCN(C(=O)c4noc5c4CCCC5)C3)nc12. The molecule has 6 nitrogen and oxygen atoms in total. The van der Waals surface area contributed by atoms with Crippen molar-refractivity contribution in [3.05, 3.63) is 46.6 Å². The van der Waals surface area contributed by atoms with Crippen molar-refractivity contribution < 1.29 is 9.32 Å². The molecule has 1 saturated heterocycles. The van der Waals surface area contributed by atoms with E-state index >= 15 is 0 Å². The molecule has 140 valence electrons. The van der Waals surface area contributed by atoms with Gasteiger partial charge in [0.25, 0.3) is 5.91 Å². The van der Waals surface area contributed by atoms with Crippen molar-refractivity contribution in [3.8, 4) is 0 Å². The van der Waals surface area contributed by atoms with Crippen LogP contribution in [-0.2, 0) is 12.8 Å². The van der Waals surface area contributed by atoms with Crippen LogP contribution in [0.3, 0.4) is 0 Å². The Labute approximate surface area is 157 Å². The number of para-hydroxylation sites is 1. The first kappa shape index (κ1) is 16.5. The summed E-state index contributed by atoms with van der Waals surface area (Å²) in [6.07, 6.45) is 6.05. The Morgan fingerprint density at radius 3 is 3.04 bits per heavy atom. The van der Waals surface area contributed by atoms with Gasteiger partial charge in [0.2, 0.25) is 0 Å². The normalized spacial score (nSPS) is 20.0. The Bertz CT molecular complexity index is 1000. The van der Waals surface area contributed by atoms with Gasteiger partial charge in [0, 0.05) is 31.0 Å². The minimum atomic E-state index is 0.0129. The third kappa shape index (κ3) is 2.83. The summed E-state index contributed by atoms with van der Waals surface area (Å²) in [5.74, 6) is 2.14. The molecule has 3 heterocycles. The maximum absolute atomic E-state index is 13.1. The molecule has 0 spiro atoms. The second-order valence-corrected chi connectivity index (χ2v) is 7.82. The van der Waals surface area contributed by atoms with Crippen LogP contribution in [0, 0.1) is 6.92 Å². The molecule has 1 N–H and O–H groups in total. The lowest BCUT2D eigenvalue weighted by Gasteiger charge is -2.31. The average molecular weight is 364 g/mol. The van der Waals surface area contributed by atoms with Gasteiger partial charge in [-0.05, 0) is 50.7 Å². The van der Waals surface area contributed by atoms with Crippen molar-refractivity contribution in [2.45, 2.75) is 51.4 Å². The Hall–Kier alpha value is -2.63. The van der Waals surface area contributed by atoms with Crippen LogP contribution in [0.15, 0.2) is 22.7 Å². The van der Waals surface area contributed by atoms with Gasteiger partial charge < -0.3 is 14.4 Å². The average Bonchev–Trinajstić information content (AvgIpc) is 3.33. The Morgan fingerprint density at radius 1 is 1.26 bits per heavy atom. The van der Waals surface area contributed by atoms with Gasteiger partial charge in [0.1, 0.15) is 11.6 Å². The summed E-state index contributed by atoms with van der Waals surface area (Å²) >= 11 is 0. The van der Waals surface area contributed by atoms with Gasteiger partial charge >= 0.3 is 0 Å². The Balaban J connectivity index is 1.39. The van der Waals surface area contributed by atoms with E-state index < -0.39 is 0 Å². The highest BCUT2D eigenvalue weighted by Gasteiger charge is 2.32. The highest BCUT2D eigenvalue weighted by molar-refractivity contribution is 5.94. The number of likely N-dealkylation sites (tertiary alicyclic amines) is 1. The van der Waals surface area contributed by atoms with Crippen molar-refractivity contribution in [2.24, 2.45) is 0 Å². The summed E-state index contributed by atoms with van der Waals surface area (Å²) in [6, 6.07) is 6.19. The molecule has 1 amide bonds. The van der Waals surface area contributed by atoms with Crippen molar-refractivity contribution in [3.63, 3.8) is 0 Å². The van der Waals surface area contributed by atoms with Gasteiger partial charge in [0.05, 0.1) is 11.0 Å². The molecule has 0 saturated carbocycles. The van der Waals surface area contributed by atoms with Crippen LogP contribution in [0.25, 0.3) is 11.0 Å². The van der Waals surface area contributed by atoms with Gasteiger partial charge in [-0.1, -0.05) is 17.3 Å². The number of piperidine rings is 1. The molecule has 2 aromatic heterocycles. The number of nitrogens with zero attached hydrogens (tertiary/aromatic N) is 3. The summed E-state index contributed by atoms with van der Waals surface area (Å²) in [5, 5.41) is 4.13. The molecule has 1 fully saturated rings. The van der Waals surface area contributed by atoms with Crippen LogP contribution in [0.4, 0.5) is 0 Å². The lowest BCUT2D eigenvalue weighted by atomic mass is 9.94. The lowest BCUT2D eigenvalue weighted by Crippen LogP contribution is -2.40. The fraction of sp³-hybridized carbons (Fsp3) is 0.476. The van der Waals surface area contributed by atoms with Crippen LogP contribution in [0.1, 0.15) is 64.8 Å². The highest BCUT2D eigenvalue weighted by atomic mass is 16.5. The Morgan fingerprint density at radius 2 is 2.15 bits per heavy atom. The number of H-pyrrole nitrogens is 1. The number of hydrogen-bond acceptors (Lipinski definition) is 4. The Kier molecular flexibility index (Phi) is 3.99. The van der Waals surface area contributed by atoms with E-state index in [1.54, 1.807) is 0 Å². The van der Waals surface area contributed by atoms with Gasteiger partial charge in [0.15, 0.2) is 5.69 Å². The topological polar surface area (TPSA) is 75.0 Å². The molecule has 1 atom stereocenters. The monoisotopic (exact) mass is 364 g/mol. The van der Waals surface area contributed by atoms with E-state index in [-0.39, 0.29) is 11.8 Å². The standard InChI is InChI=1S/C21H24N4O2/c1-13-6-4-9-16-18(13)23-20(22-16)14-7-5-11-25(12-14)21(26)19-15-8-2-3-10-17(15)27-24-19/h4,6,9,14H,2-3,5,7-8,10-12H2,1H3,(H,22,23)/t14-/m1/s1. The summed E-state index contributed by atoms with van der Waals surface area (Å²) in [6.45, 7) is 3.53. The number of aromatic amines is 1. The zero-order chi connectivity index (χ0) is 18.4. The fourth-order valence-corrected chi connectivity index (χ4v) is 4.48. The first-order valence-corrected chi connectivity index (χ1v) is 9.92. The predicted octanol–water partition coefficient (Wildman–Crippen LogP) is 3.76. The lowest BCUT2D eigenvalue weighted by molar-refractivity contribution is 0.0693. The third-order valence-corrected chi connectivity index (χ3v) is 5.98. The number of carbonyl (C=O) groups is 1. The highest BCUT2D eigenvalue weighted by Crippen LogP contribution is 2.30. The van der Waals surface area contributed by atoms with E-state index in [4.69, 9.17) is 9.51 Å². The number of fused-ring (bicyclic) bond motifs is 2. The summed E-state index contributed by atoms with van der Waals surface area (Å²) in [7, 11) is 0. The molecule has 0 bridgehead atoms. The molecule has 0 unspecified atom stereocenters. The maximum Gasteiger partial charge on any atom is 0.276 e. The van der Waals surface area contributed by atoms with Crippen molar-refractivity contribution in [1.29, 1.82) is 0 Å². The number of imidazole rings is 1. The zero-order valence-corrected chi connectivity index (χ0v) is 15.6. The van der Waals surface area contributed by atoms with Crippen molar-refractivity contribution in [2.75, 3.05) is 13.1 Å². The molecular weight excluding hydrogens is 340 g/mol. The van der Waals surface area contributed by atoms with Gasteiger partial charge in [-0.15, -0.1) is 0 Å². The molecule has 6 heteroatoms. The summed E-state index contributed by atoms with van der Waals surface area (Å²) < 4.78 is 5.45. The van der Waals surface area contributed by atoms with Crippen LogP contribution in [0.2, 0.25) is 0 Å². The maximum atomic E-state index is 13.1. The molecule has 1 aliphatic carbocycles. The summed E-state index contributed by atoms with van der Waals surface area (Å²) in [4.78, 5) is 23.3. The number of nitrogens with one attached hydrogen (secondary N) is 1. The number of benzene rings is 1. The number of aryl methyl sites for hydroxylation is 2. The second-order valence-electron chi connectivity index (χ2n) is 7.82. The first-order chi connectivity index (χ1) is 13.2. The minimum absolute atomic E-state index is 0.0129. The molecule has 3 aromatic rings. The fourth-order valence-electron chi connectivity index (χ4n) is 4.48. The third-order valence-electron chi connectivity index (χ3n) is 5.98. The first-order valence-electron chi connectivity index (χ1n) is 9.92. The van der Waals surface area contributed by atoms with Crippen molar-refractivity contribution >= 4 is 16.9 Å². The number of carbonyl (C=O) groups excluding carboxylic acids is 1. The number of aromatic nitrogens is 3.